The minimum Gasteiger partial charge on any atom is -0.352 e. The van der Waals surface area contributed by atoms with Gasteiger partial charge in [-0.05, 0) is 11.6 Å². The van der Waals surface area contributed by atoms with E-state index in [4.69, 9.17) is 5.73 Å². The Balaban J connectivity index is 2.15. The van der Waals surface area contributed by atoms with Crippen molar-refractivity contribution in [3.05, 3.63) is 36.0 Å². The van der Waals surface area contributed by atoms with Gasteiger partial charge in [0.15, 0.2) is 0 Å². The Bertz CT molecular complexity index is 559. The van der Waals surface area contributed by atoms with Crippen LogP contribution in [0, 0.1) is 5.92 Å². The molecule has 0 aliphatic rings. The lowest BCUT2D eigenvalue weighted by molar-refractivity contribution is -0.124. The number of para-hydroxylation sites is 1. The van der Waals surface area contributed by atoms with Gasteiger partial charge in [0.05, 0.1) is 0 Å². The molecule has 18 heavy (non-hydrogen) atoms. The SMILES string of the molecule is CC(CN)C(=O)NCc1cn(C)c2ccccc12. The molecule has 1 unspecified atom stereocenters. The summed E-state index contributed by atoms with van der Waals surface area (Å²) >= 11 is 0. The maximum atomic E-state index is 11.7. The molecule has 2 rings (SSSR count). The van der Waals surface area contributed by atoms with Crippen LogP contribution < -0.4 is 11.1 Å². The topological polar surface area (TPSA) is 60.1 Å². The molecule has 1 atom stereocenters. The van der Waals surface area contributed by atoms with Crippen LogP contribution in [0.3, 0.4) is 0 Å². The van der Waals surface area contributed by atoms with Gasteiger partial charge in [-0.15, -0.1) is 0 Å². The highest BCUT2D eigenvalue weighted by atomic mass is 16.1. The van der Waals surface area contributed by atoms with E-state index in [1.54, 1.807) is 0 Å². The van der Waals surface area contributed by atoms with Gasteiger partial charge in [0.1, 0.15) is 0 Å². The number of nitrogens with one attached hydrogen (secondary N) is 1. The third kappa shape index (κ3) is 2.38. The van der Waals surface area contributed by atoms with E-state index in [0.717, 1.165) is 5.56 Å². The Morgan fingerprint density at radius 1 is 1.44 bits per heavy atom. The summed E-state index contributed by atoms with van der Waals surface area (Å²) in [5.41, 5.74) is 7.78. The standard InChI is InChI=1S/C14H19N3O/c1-10(7-15)14(18)16-8-11-9-17(2)13-6-4-3-5-12(11)13/h3-6,9-10H,7-8,15H2,1-2H3,(H,16,18). The zero-order valence-corrected chi connectivity index (χ0v) is 10.8. The first-order valence-electron chi connectivity index (χ1n) is 6.14. The van der Waals surface area contributed by atoms with Crippen molar-refractivity contribution in [3.63, 3.8) is 0 Å². The van der Waals surface area contributed by atoms with Crippen molar-refractivity contribution in [2.75, 3.05) is 6.54 Å². The number of nitrogens with two attached hydrogens (primary N) is 1. The summed E-state index contributed by atoms with van der Waals surface area (Å²) < 4.78 is 2.07. The second kappa shape index (κ2) is 5.23. The summed E-state index contributed by atoms with van der Waals surface area (Å²) in [5, 5.41) is 4.10. The van der Waals surface area contributed by atoms with Gasteiger partial charge in [-0.1, -0.05) is 25.1 Å². The first kappa shape index (κ1) is 12.6. The van der Waals surface area contributed by atoms with Gasteiger partial charge in [0.25, 0.3) is 0 Å². The Morgan fingerprint density at radius 3 is 2.89 bits per heavy atom. The van der Waals surface area contributed by atoms with Crippen molar-refractivity contribution in [2.45, 2.75) is 13.5 Å². The number of carbonyl (C=O) groups excluding carboxylic acids is 1. The molecule has 0 aliphatic carbocycles. The second-order valence-electron chi connectivity index (χ2n) is 4.64. The zero-order valence-electron chi connectivity index (χ0n) is 10.8. The highest BCUT2D eigenvalue weighted by Crippen LogP contribution is 2.19. The number of hydrogen-bond donors (Lipinski definition) is 2. The van der Waals surface area contributed by atoms with Crippen molar-refractivity contribution in [1.29, 1.82) is 0 Å². The fourth-order valence-electron chi connectivity index (χ4n) is 2.03. The summed E-state index contributed by atoms with van der Waals surface area (Å²) in [6, 6.07) is 8.17. The van der Waals surface area contributed by atoms with Gasteiger partial charge >= 0.3 is 0 Å². The molecule has 0 aliphatic heterocycles. The third-order valence-corrected chi connectivity index (χ3v) is 3.23. The maximum absolute atomic E-state index is 11.7. The number of aryl methyl sites for hydroxylation is 1. The van der Waals surface area contributed by atoms with Crippen LogP contribution in [0.15, 0.2) is 30.5 Å². The number of carbonyl (C=O) groups is 1. The first-order chi connectivity index (χ1) is 8.63. The molecule has 0 spiro atoms. The number of amides is 1. The van der Waals surface area contributed by atoms with Crippen molar-refractivity contribution < 1.29 is 4.79 Å². The van der Waals surface area contributed by atoms with Gasteiger partial charge in [-0.2, -0.15) is 0 Å². The number of nitrogens with zero attached hydrogens (tertiary/aromatic N) is 1. The van der Waals surface area contributed by atoms with Gasteiger partial charge in [-0.3, -0.25) is 4.79 Å². The molecule has 1 heterocycles. The number of fused-ring (bicyclic) bond motifs is 1. The Morgan fingerprint density at radius 2 is 2.17 bits per heavy atom. The number of rotatable bonds is 4. The molecule has 96 valence electrons. The highest BCUT2D eigenvalue weighted by molar-refractivity contribution is 5.85. The molecule has 0 radical (unpaired) electrons. The summed E-state index contributed by atoms with van der Waals surface area (Å²) in [5.74, 6) is -0.134. The molecule has 1 amide bonds. The predicted molar refractivity (Wildman–Crippen MR) is 73.0 cm³/mol. The van der Waals surface area contributed by atoms with E-state index in [1.807, 2.05) is 26.1 Å². The van der Waals surface area contributed by atoms with Crippen LogP contribution in [0.25, 0.3) is 10.9 Å². The maximum Gasteiger partial charge on any atom is 0.224 e. The Labute approximate surface area is 107 Å². The van der Waals surface area contributed by atoms with Crippen LogP contribution in [0.4, 0.5) is 0 Å². The normalized spacial score (nSPS) is 12.6. The van der Waals surface area contributed by atoms with Crippen LogP contribution in [0.5, 0.6) is 0 Å². The van der Waals surface area contributed by atoms with E-state index in [2.05, 4.69) is 28.2 Å². The predicted octanol–water partition coefficient (Wildman–Crippen LogP) is 1.39. The largest absolute Gasteiger partial charge is 0.352 e. The van der Waals surface area contributed by atoms with E-state index in [0.29, 0.717) is 13.1 Å². The Kier molecular flexibility index (Phi) is 3.67. The van der Waals surface area contributed by atoms with E-state index in [1.165, 1.54) is 10.9 Å². The average molecular weight is 245 g/mol. The lowest BCUT2D eigenvalue weighted by Crippen LogP contribution is -2.32. The molecule has 4 nitrogen and oxygen atoms in total. The highest BCUT2D eigenvalue weighted by Gasteiger charge is 2.11. The van der Waals surface area contributed by atoms with Gasteiger partial charge < -0.3 is 15.6 Å². The quantitative estimate of drug-likeness (QED) is 0.855. The zero-order chi connectivity index (χ0) is 13.1. The smallest absolute Gasteiger partial charge is 0.224 e. The number of hydrogen-bond acceptors (Lipinski definition) is 2. The summed E-state index contributed by atoms with van der Waals surface area (Å²) in [7, 11) is 2.01. The van der Waals surface area contributed by atoms with Crippen molar-refractivity contribution in [2.24, 2.45) is 18.7 Å². The molecular weight excluding hydrogens is 226 g/mol. The van der Waals surface area contributed by atoms with Crippen LogP contribution in [-0.2, 0) is 18.4 Å². The fraction of sp³-hybridized carbons (Fsp3) is 0.357. The van der Waals surface area contributed by atoms with Crippen LogP contribution >= 0.6 is 0 Å². The molecule has 3 N–H and O–H groups in total. The molecule has 4 heteroatoms. The molecule has 0 fully saturated rings. The molecule has 0 bridgehead atoms. The molecule has 1 aromatic carbocycles. The van der Waals surface area contributed by atoms with E-state index < -0.39 is 0 Å². The van der Waals surface area contributed by atoms with E-state index in [-0.39, 0.29) is 11.8 Å². The monoisotopic (exact) mass is 245 g/mol. The fourth-order valence-corrected chi connectivity index (χ4v) is 2.03. The number of benzene rings is 1. The number of aromatic nitrogens is 1. The van der Waals surface area contributed by atoms with Crippen molar-refractivity contribution in [1.82, 2.24) is 9.88 Å². The summed E-state index contributed by atoms with van der Waals surface area (Å²) in [6.07, 6.45) is 2.05. The lowest BCUT2D eigenvalue weighted by atomic mass is 10.1. The minimum absolute atomic E-state index is 0.00503. The third-order valence-electron chi connectivity index (χ3n) is 3.23. The summed E-state index contributed by atoms with van der Waals surface area (Å²) in [6.45, 7) is 2.75. The minimum atomic E-state index is -0.139. The second-order valence-corrected chi connectivity index (χ2v) is 4.64. The molecule has 0 saturated carbocycles. The van der Waals surface area contributed by atoms with Crippen LogP contribution in [0.2, 0.25) is 0 Å². The molecule has 0 saturated heterocycles. The van der Waals surface area contributed by atoms with E-state index in [9.17, 15) is 4.79 Å². The van der Waals surface area contributed by atoms with E-state index >= 15 is 0 Å². The van der Waals surface area contributed by atoms with Crippen LogP contribution in [-0.4, -0.2) is 17.0 Å². The Hall–Kier alpha value is -1.81. The lowest BCUT2D eigenvalue weighted by Gasteiger charge is -2.09. The van der Waals surface area contributed by atoms with Gasteiger partial charge in [0, 0.05) is 43.2 Å². The molecular formula is C14H19N3O. The van der Waals surface area contributed by atoms with Gasteiger partial charge in [-0.25, -0.2) is 0 Å². The van der Waals surface area contributed by atoms with Crippen molar-refractivity contribution in [3.8, 4) is 0 Å². The average Bonchev–Trinajstić information content (AvgIpc) is 2.72. The van der Waals surface area contributed by atoms with Crippen LogP contribution in [0.1, 0.15) is 12.5 Å². The molecule has 1 aromatic heterocycles. The van der Waals surface area contributed by atoms with Crippen molar-refractivity contribution >= 4 is 16.8 Å². The summed E-state index contributed by atoms with van der Waals surface area (Å²) in [4.78, 5) is 11.7. The molecule has 2 aromatic rings. The van der Waals surface area contributed by atoms with Gasteiger partial charge in [0.2, 0.25) is 5.91 Å². The first-order valence-corrected chi connectivity index (χ1v) is 6.14.